The summed E-state index contributed by atoms with van der Waals surface area (Å²) in [5.41, 5.74) is 1.23. The van der Waals surface area contributed by atoms with Crippen molar-refractivity contribution in [2.24, 2.45) is 5.92 Å². The molecule has 1 saturated heterocycles. The molecule has 2 aliphatic heterocycles. The van der Waals surface area contributed by atoms with Gasteiger partial charge in [-0.1, -0.05) is 6.07 Å². The van der Waals surface area contributed by atoms with E-state index in [4.69, 9.17) is 4.74 Å². The Kier molecular flexibility index (Phi) is 2.93. The van der Waals surface area contributed by atoms with Gasteiger partial charge in [-0.25, -0.2) is 0 Å². The lowest BCUT2D eigenvalue weighted by Crippen LogP contribution is -2.30. The van der Waals surface area contributed by atoms with Crippen molar-refractivity contribution in [2.45, 2.75) is 31.7 Å². The van der Waals surface area contributed by atoms with Crippen LogP contribution in [0.25, 0.3) is 0 Å². The van der Waals surface area contributed by atoms with Crippen LogP contribution in [-0.4, -0.2) is 24.3 Å². The van der Waals surface area contributed by atoms with Gasteiger partial charge in [0.05, 0.1) is 6.61 Å². The molecule has 2 aliphatic rings. The number of ether oxygens (including phenoxy) is 1. The molecule has 2 unspecified atom stereocenters. The van der Waals surface area contributed by atoms with Gasteiger partial charge in [0.25, 0.3) is 0 Å². The molecule has 2 N–H and O–H groups in total. The Morgan fingerprint density at radius 1 is 1.41 bits per heavy atom. The average molecular weight is 233 g/mol. The Morgan fingerprint density at radius 2 is 2.35 bits per heavy atom. The number of hydrogen-bond acceptors (Lipinski definition) is 3. The van der Waals surface area contributed by atoms with E-state index in [2.05, 4.69) is 5.32 Å². The van der Waals surface area contributed by atoms with E-state index in [0.29, 0.717) is 17.7 Å². The minimum absolute atomic E-state index is 0.291. The second kappa shape index (κ2) is 4.57. The van der Waals surface area contributed by atoms with Crippen LogP contribution in [0, 0.1) is 5.92 Å². The zero-order valence-electron chi connectivity index (χ0n) is 9.98. The number of fused-ring (bicyclic) bond motifs is 1. The van der Waals surface area contributed by atoms with Crippen LogP contribution in [0.15, 0.2) is 18.2 Å². The highest BCUT2D eigenvalue weighted by atomic mass is 16.5. The molecular formula is C14H19NO2. The Balaban J connectivity index is 1.65. The zero-order chi connectivity index (χ0) is 11.7. The summed E-state index contributed by atoms with van der Waals surface area (Å²) < 4.78 is 5.74. The lowest BCUT2D eigenvalue weighted by atomic mass is 9.90. The summed E-state index contributed by atoms with van der Waals surface area (Å²) in [5.74, 6) is 1.77. The molecule has 0 radical (unpaired) electrons. The van der Waals surface area contributed by atoms with Crippen molar-refractivity contribution >= 4 is 0 Å². The van der Waals surface area contributed by atoms with Crippen molar-refractivity contribution in [3.63, 3.8) is 0 Å². The van der Waals surface area contributed by atoms with Crippen molar-refractivity contribution in [1.82, 2.24) is 5.32 Å². The molecule has 0 spiro atoms. The third-order valence-corrected chi connectivity index (χ3v) is 3.81. The van der Waals surface area contributed by atoms with Crippen LogP contribution in [0.3, 0.4) is 0 Å². The normalized spacial score (nSPS) is 27.5. The largest absolute Gasteiger partial charge is 0.508 e. The Hall–Kier alpha value is -1.22. The Bertz CT molecular complexity index is 399. The summed E-state index contributed by atoms with van der Waals surface area (Å²) in [6.45, 7) is 1.96. The fourth-order valence-electron chi connectivity index (χ4n) is 2.94. The second-order valence-corrected chi connectivity index (χ2v) is 5.20. The van der Waals surface area contributed by atoms with E-state index >= 15 is 0 Å². The van der Waals surface area contributed by atoms with Crippen LogP contribution in [0.1, 0.15) is 24.8 Å². The van der Waals surface area contributed by atoms with Crippen LogP contribution in [0.4, 0.5) is 0 Å². The number of aromatic hydroxyl groups is 1. The highest BCUT2D eigenvalue weighted by molar-refractivity contribution is 5.41. The van der Waals surface area contributed by atoms with Gasteiger partial charge in [0.2, 0.25) is 0 Å². The summed E-state index contributed by atoms with van der Waals surface area (Å²) >= 11 is 0. The maximum absolute atomic E-state index is 9.39. The first-order chi connectivity index (χ1) is 8.31. The van der Waals surface area contributed by atoms with Crippen LogP contribution in [0.2, 0.25) is 0 Å². The van der Waals surface area contributed by atoms with E-state index in [1.807, 2.05) is 6.07 Å². The third-order valence-electron chi connectivity index (χ3n) is 3.81. The van der Waals surface area contributed by atoms with Gasteiger partial charge in [0.15, 0.2) is 0 Å². The van der Waals surface area contributed by atoms with Crippen molar-refractivity contribution in [3.05, 3.63) is 23.8 Å². The molecule has 3 heteroatoms. The average Bonchev–Trinajstić information content (AvgIpc) is 2.82. The van der Waals surface area contributed by atoms with Crippen LogP contribution in [-0.2, 0) is 6.42 Å². The molecule has 0 aromatic heterocycles. The molecule has 1 aromatic rings. The summed E-state index contributed by atoms with van der Waals surface area (Å²) in [7, 11) is 0. The van der Waals surface area contributed by atoms with E-state index in [9.17, 15) is 5.11 Å². The number of rotatable bonds is 2. The number of phenolic OH excluding ortho intramolecular Hbond substituents is 1. The van der Waals surface area contributed by atoms with Gasteiger partial charge in [0.1, 0.15) is 11.5 Å². The first-order valence-electron chi connectivity index (χ1n) is 6.49. The van der Waals surface area contributed by atoms with Crippen molar-refractivity contribution in [3.8, 4) is 11.5 Å². The Morgan fingerprint density at radius 3 is 3.18 bits per heavy atom. The quantitative estimate of drug-likeness (QED) is 0.822. The van der Waals surface area contributed by atoms with E-state index in [-0.39, 0.29) is 0 Å². The van der Waals surface area contributed by atoms with Gasteiger partial charge < -0.3 is 15.2 Å². The van der Waals surface area contributed by atoms with Crippen LogP contribution >= 0.6 is 0 Å². The predicted molar refractivity (Wildman–Crippen MR) is 66.4 cm³/mol. The third kappa shape index (κ3) is 2.39. The smallest absolute Gasteiger partial charge is 0.126 e. The molecule has 3 rings (SSSR count). The number of phenols is 1. The maximum atomic E-state index is 9.39. The molecule has 2 atom stereocenters. The van der Waals surface area contributed by atoms with Gasteiger partial charge in [-0.3, -0.25) is 0 Å². The minimum Gasteiger partial charge on any atom is -0.508 e. The summed E-state index contributed by atoms with van der Waals surface area (Å²) in [6.07, 6.45) is 4.90. The summed E-state index contributed by atoms with van der Waals surface area (Å²) in [6, 6.07) is 6.14. The van der Waals surface area contributed by atoms with Gasteiger partial charge in [-0.05, 0) is 49.8 Å². The molecule has 3 nitrogen and oxygen atoms in total. The summed E-state index contributed by atoms with van der Waals surface area (Å²) in [4.78, 5) is 0. The van der Waals surface area contributed by atoms with Crippen molar-refractivity contribution in [2.75, 3.05) is 13.2 Å². The second-order valence-electron chi connectivity index (χ2n) is 5.20. The first-order valence-corrected chi connectivity index (χ1v) is 6.49. The SMILES string of the molecule is Oc1ccc2c(c1)OCC(CC1CCCN1)C2. The first kappa shape index (κ1) is 10.9. The molecule has 2 heterocycles. The molecule has 0 bridgehead atoms. The highest BCUT2D eigenvalue weighted by Crippen LogP contribution is 2.32. The predicted octanol–water partition coefficient (Wildman–Crippen LogP) is 2.09. The molecule has 0 saturated carbocycles. The fourth-order valence-corrected chi connectivity index (χ4v) is 2.94. The number of benzene rings is 1. The molecular weight excluding hydrogens is 214 g/mol. The van der Waals surface area contributed by atoms with E-state index in [1.165, 1.54) is 31.4 Å². The van der Waals surface area contributed by atoms with Gasteiger partial charge in [0, 0.05) is 12.1 Å². The van der Waals surface area contributed by atoms with E-state index < -0.39 is 0 Å². The lowest BCUT2D eigenvalue weighted by Gasteiger charge is -2.27. The van der Waals surface area contributed by atoms with E-state index in [0.717, 1.165) is 18.8 Å². The molecule has 92 valence electrons. The molecule has 1 fully saturated rings. The highest BCUT2D eigenvalue weighted by Gasteiger charge is 2.24. The molecule has 0 amide bonds. The minimum atomic E-state index is 0.291. The van der Waals surface area contributed by atoms with Crippen LogP contribution < -0.4 is 10.1 Å². The van der Waals surface area contributed by atoms with Gasteiger partial charge >= 0.3 is 0 Å². The molecule has 0 aliphatic carbocycles. The van der Waals surface area contributed by atoms with Crippen LogP contribution in [0.5, 0.6) is 11.5 Å². The van der Waals surface area contributed by atoms with Gasteiger partial charge in [-0.2, -0.15) is 0 Å². The topological polar surface area (TPSA) is 41.5 Å². The standard InChI is InChI=1S/C14H19NO2/c16-13-4-3-11-6-10(9-17-14(11)8-13)7-12-2-1-5-15-12/h3-4,8,10,12,15-16H,1-2,5-7,9H2. The number of hydrogen-bond donors (Lipinski definition) is 2. The maximum Gasteiger partial charge on any atom is 0.126 e. The Labute approximate surface area is 102 Å². The van der Waals surface area contributed by atoms with E-state index in [1.54, 1.807) is 12.1 Å². The van der Waals surface area contributed by atoms with Crippen molar-refractivity contribution in [1.29, 1.82) is 0 Å². The lowest BCUT2D eigenvalue weighted by molar-refractivity contribution is 0.203. The molecule has 17 heavy (non-hydrogen) atoms. The number of nitrogens with one attached hydrogen (secondary N) is 1. The fraction of sp³-hybridized carbons (Fsp3) is 0.571. The zero-order valence-corrected chi connectivity index (χ0v) is 9.98. The van der Waals surface area contributed by atoms with Crippen molar-refractivity contribution < 1.29 is 9.84 Å². The summed E-state index contributed by atoms with van der Waals surface area (Å²) in [5, 5.41) is 12.9. The van der Waals surface area contributed by atoms with Gasteiger partial charge in [-0.15, -0.1) is 0 Å². The monoisotopic (exact) mass is 233 g/mol. The molecule has 1 aromatic carbocycles.